The van der Waals surface area contributed by atoms with Crippen LogP contribution in [0.5, 0.6) is 0 Å². The lowest BCUT2D eigenvalue weighted by Gasteiger charge is -2.29. The van der Waals surface area contributed by atoms with E-state index in [1.165, 1.54) is 18.4 Å². The first-order valence-electron chi connectivity index (χ1n) is 7.32. The molecular weight excluding hydrogens is 286 g/mol. The predicted octanol–water partition coefficient (Wildman–Crippen LogP) is 2.14. The first-order chi connectivity index (χ1) is 9.75. The molecule has 0 spiro atoms. The summed E-state index contributed by atoms with van der Waals surface area (Å²) in [6.07, 6.45) is 2.30. The number of sulfonamides is 1. The van der Waals surface area contributed by atoms with Gasteiger partial charge in [0.05, 0.1) is 11.4 Å². The smallest absolute Gasteiger partial charge is 0.244 e. The van der Waals surface area contributed by atoms with Crippen LogP contribution in [0.2, 0.25) is 0 Å². The van der Waals surface area contributed by atoms with Crippen LogP contribution >= 0.6 is 0 Å². The second kappa shape index (κ2) is 5.85. The fraction of sp³-hybridized carbons (Fsp3) is 0.600. The molecule has 1 aromatic carbocycles. The number of hydrogen-bond acceptors (Lipinski definition) is 4. The highest BCUT2D eigenvalue weighted by Crippen LogP contribution is 2.38. The highest BCUT2D eigenvalue weighted by Gasteiger charge is 2.32. The average molecular weight is 311 g/mol. The van der Waals surface area contributed by atoms with Crippen molar-refractivity contribution in [1.29, 1.82) is 0 Å². The van der Waals surface area contributed by atoms with Crippen molar-refractivity contribution in [1.82, 2.24) is 4.31 Å². The first kappa shape index (κ1) is 16.1. The van der Waals surface area contributed by atoms with Gasteiger partial charge in [-0.25, -0.2) is 12.7 Å². The summed E-state index contributed by atoms with van der Waals surface area (Å²) in [4.78, 5) is 2.45. The van der Waals surface area contributed by atoms with E-state index in [0.29, 0.717) is 17.6 Å². The standard InChI is InChI=1S/C15H25N3O2S/c1-11(2)10-18(12-8-9-12)13-6-5-7-14(15(13)16)21(19,20)17(3)4/h5-7,11-12H,8-10,16H2,1-4H3. The summed E-state index contributed by atoms with van der Waals surface area (Å²) >= 11 is 0. The summed E-state index contributed by atoms with van der Waals surface area (Å²) in [6, 6.07) is 5.77. The topological polar surface area (TPSA) is 66.6 Å². The Morgan fingerprint density at radius 2 is 1.90 bits per heavy atom. The van der Waals surface area contributed by atoms with E-state index >= 15 is 0 Å². The molecule has 0 saturated heterocycles. The Balaban J connectivity index is 2.46. The summed E-state index contributed by atoms with van der Waals surface area (Å²) in [5.41, 5.74) is 7.40. The molecule has 0 aliphatic heterocycles. The molecular formula is C15H25N3O2S. The molecule has 0 heterocycles. The number of nitrogens with zero attached hydrogens (tertiary/aromatic N) is 2. The maximum atomic E-state index is 12.4. The zero-order valence-corrected chi connectivity index (χ0v) is 14.0. The van der Waals surface area contributed by atoms with Crippen LogP contribution in [0.25, 0.3) is 0 Å². The number of nitrogen functional groups attached to an aromatic ring is 1. The number of rotatable bonds is 6. The van der Waals surface area contributed by atoms with E-state index < -0.39 is 10.0 Å². The lowest BCUT2D eigenvalue weighted by molar-refractivity contribution is 0.521. The van der Waals surface area contributed by atoms with Gasteiger partial charge in [-0.15, -0.1) is 0 Å². The molecule has 21 heavy (non-hydrogen) atoms. The quantitative estimate of drug-likeness (QED) is 0.817. The highest BCUT2D eigenvalue weighted by atomic mass is 32.2. The SMILES string of the molecule is CC(C)CN(c1cccc(S(=O)(=O)N(C)C)c1N)C1CC1. The van der Waals surface area contributed by atoms with Crippen molar-refractivity contribution in [2.45, 2.75) is 37.6 Å². The Hall–Kier alpha value is -1.27. The van der Waals surface area contributed by atoms with Crippen molar-refractivity contribution < 1.29 is 8.42 Å². The Kier molecular flexibility index (Phi) is 4.49. The lowest BCUT2D eigenvalue weighted by atomic mass is 10.1. The Morgan fingerprint density at radius 1 is 1.29 bits per heavy atom. The van der Waals surface area contributed by atoms with Crippen molar-refractivity contribution in [3.63, 3.8) is 0 Å². The zero-order valence-electron chi connectivity index (χ0n) is 13.2. The zero-order chi connectivity index (χ0) is 15.8. The molecule has 1 fully saturated rings. The van der Waals surface area contributed by atoms with Gasteiger partial charge in [0.1, 0.15) is 4.90 Å². The average Bonchev–Trinajstić information content (AvgIpc) is 3.20. The molecule has 1 aliphatic carbocycles. The van der Waals surface area contributed by atoms with E-state index in [-0.39, 0.29) is 4.90 Å². The molecule has 1 saturated carbocycles. The molecule has 118 valence electrons. The maximum absolute atomic E-state index is 12.4. The minimum Gasteiger partial charge on any atom is -0.396 e. The van der Waals surface area contributed by atoms with E-state index in [1.54, 1.807) is 12.1 Å². The summed E-state index contributed by atoms with van der Waals surface area (Å²) in [5, 5.41) is 0. The second-order valence-corrected chi connectivity index (χ2v) is 8.37. The van der Waals surface area contributed by atoms with Crippen LogP contribution in [0.3, 0.4) is 0 Å². The van der Waals surface area contributed by atoms with Gasteiger partial charge in [-0.3, -0.25) is 0 Å². The predicted molar refractivity (Wildman–Crippen MR) is 86.9 cm³/mol. The molecule has 0 radical (unpaired) electrons. The molecule has 0 bridgehead atoms. The lowest BCUT2D eigenvalue weighted by Crippen LogP contribution is -2.31. The Morgan fingerprint density at radius 3 is 2.38 bits per heavy atom. The van der Waals surface area contributed by atoms with E-state index in [1.807, 2.05) is 6.07 Å². The van der Waals surface area contributed by atoms with Crippen LogP contribution < -0.4 is 10.6 Å². The van der Waals surface area contributed by atoms with Crippen molar-refractivity contribution in [2.75, 3.05) is 31.3 Å². The van der Waals surface area contributed by atoms with Crippen LogP contribution in [0, 0.1) is 5.92 Å². The van der Waals surface area contributed by atoms with Crippen LogP contribution in [-0.2, 0) is 10.0 Å². The molecule has 1 aliphatic rings. The van der Waals surface area contributed by atoms with Crippen LogP contribution in [0.4, 0.5) is 11.4 Å². The van der Waals surface area contributed by atoms with Crippen molar-refractivity contribution in [2.24, 2.45) is 5.92 Å². The second-order valence-electron chi connectivity index (χ2n) is 6.25. The number of nitrogens with two attached hydrogens (primary N) is 1. The van der Waals surface area contributed by atoms with Gasteiger partial charge >= 0.3 is 0 Å². The van der Waals surface area contributed by atoms with E-state index in [9.17, 15) is 8.42 Å². The molecule has 6 heteroatoms. The van der Waals surface area contributed by atoms with Gasteiger partial charge in [0.25, 0.3) is 0 Å². The number of benzene rings is 1. The molecule has 0 amide bonds. The summed E-state index contributed by atoms with van der Waals surface area (Å²) < 4.78 is 25.9. The first-order valence-corrected chi connectivity index (χ1v) is 8.76. The van der Waals surface area contributed by atoms with Gasteiger partial charge in [0, 0.05) is 26.7 Å². The molecule has 0 atom stereocenters. The van der Waals surface area contributed by atoms with Gasteiger partial charge in [-0.05, 0) is 30.9 Å². The van der Waals surface area contributed by atoms with E-state index in [2.05, 4.69) is 18.7 Å². The van der Waals surface area contributed by atoms with E-state index in [0.717, 1.165) is 25.1 Å². The van der Waals surface area contributed by atoms with Crippen molar-refractivity contribution in [3.05, 3.63) is 18.2 Å². The third kappa shape index (κ3) is 3.32. The van der Waals surface area contributed by atoms with Crippen molar-refractivity contribution in [3.8, 4) is 0 Å². The third-order valence-electron chi connectivity index (χ3n) is 3.66. The Labute approximate surface area is 127 Å². The fourth-order valence-electron chi connectivity index (χ4n) is 2.43. The van der Waals surface area contributed by atoms with Gasteiger partial charge in [0.2, 0.25) is 10.0 Å². The molecule has 2 rings (SSSR count). The minimum absolute atomic E-state index is 0.194. The monoisotopic (exact) mass is 311 g/mol. The van der Waals surface area contributed by atoms with E-state index in [4.69, 9.17) is 5.73 Å². The van der Waals surface area contributed by atoms with Gasteiger partial charge in [-0.1, -0.05) is 19.9 Å². The number of para-hydroxylation sites is 1. The largest absolute Gasteiger partial charge is 0.396 e. The third-order valence-corrected chi connectivity index (χ3v) is 5.53. The number of hydrogen-bond donors (Lipinski definition) is 1. The molecule has 2 N–H and O–H groups in total. The van der Waals surface area contributed by atoms with Crippen LogP contribution in [-0.4, -0.2) is 39.4 Å². The normalized spacial score (nSPS) is 15.7. The molecule has 0 unspecified atom stereocenters. The maximum Gasteiger partial charge on any atom is 0.244 e. The highest BCUT2D eigenvalue weighted by molar-refractivity contribution is 7.89. The van der Waals surface area contributed by atoms with Gasteiger partial charge in [0.15, 0.2) is 0 Å². The van der Waals surface area contributed by atoms with Crippen LogP contribution in [0.1, 0.15) is 26.7 Å². The van der Waals surface area contributed by atoms with Crippen LogP contribution in [0.15, 0.2) is 23.1 Å². The molecule has 5 nitrogen and oxygen atoms in total. The summed E-state index contributed by atoms with van der Waals surface area (Å²) in [5.74, 6) is 0.499. The summed E-state index contributed by atoms with van der Waals surface area (Å²) in [6.45, 7) is 5.21. The van der Waals surface area contributed by atoms with Gasteiger partial charge in [-0.2, -0.15) is 0 Å². The molecule has 0 aromatic heterocycles. The van der Waals surface area contributed by atoms with Gasteiger partial charge < -0.3 is 10.6 Å². The Bertz CT molecular complexity index is 607. The fourth-order valence-corrected chi connectivity index (χ4v) is 3.45. The minimum atomic E-state index is -3.52. The van der Waals surface area contributed by atoms with Crippen molar-refractivity contribution >= 4 is 21.4 Å². The number of anilines is 2. The summed E-state index contributed by atoms with van der Waals surface area (Å²) in [7, 11) is -0.472. The molecule has 1 aromatic rings.